The highest BCUT2D eigenvalue weighted by Crippen LogP contribution is 2.25. The Balaban J connectivity index is 2.21. The smallest absolute Gasteiger partial charge is 0.293 e. The van der Waals surface area contributed by atoms with Gasteiger partial charge in [0.25, 0.3) is 11.6 Å². The molecule has 0 radical (unpaired) electrons. The van der Waals surface area contributed by atoms with E-state index in [0.717, 1.165) is 5.56 Å². The number of anilines is 2. The van der Waals surface area contributed by atoms with Gasteiger partial charge in [0.15, 0.2) is 0 Å². The molecule has 0 saturated heterocycles. The van der Waals surface area contributed by atoms with Crippen molar-refractivity contribution in [2.75, 3.05) is 23.7 Å². The maximum Gasteiger partial charge on any atom is 0.293 e. The molecule has 7 heteroatoms. The fourth-order valence-corrected chi connectivity index (χ4v) is 2.04. The largest absolute Gasteiger partial charge is 0.374 e. The monoisotopic (exact) mass is 315 g/mol. The van der Waals surface area contributed by atoms with Crippen LogP contribution in [0.15, 0.2) is 42.5 Å². The molecule has 0 heterocycles. The number of nitro benzene ring substituents is 1. The predicted octanol–water partition coefficient (Wildman–Crippen LogP) is 1.81. The van der Waals surface area contributed by atoms with E-state index in [0.29, 0.717) is 24.5 Å². The second-order valence-electron chi connectivity index (χ2n) is 5.09. The molecule has 1 amide bonds. The van der Waals surface area contributed by atoms with Crippen molar-refractivity contribution in [2.24, 2.45) is 0 Å². The first-order valence-corrected chi connectivity index (χ1v) is 7.21. The molecule has 23 heavy (non-hydrogen) atoms. The van der Waals surface area contributed by atoms with Crippen LogP contribution in [0.1, 0.15) is 15.9 Å². The minimum atomic E-state index is -0.506. The van der Waals surface area contributed by atoms with Crippen molar-refractivity contribution in [3.8, 4) is 0 Å². The van der Waals surface area contributed by atoms with Crippen LogP contribution in [0.4, 0.5) is 17.1 Å². The van der Waals surface area contributed by atoms with E-state index in [1.54, 1.807) is 18.2 Å². The third-order valence-electron chi connectivity index (χ3n) is 3.26. The lowest BCUT2D eigenvalue weighted by Gasteiger charge is -2.08. The SMILES string of the molecule is Cc1ccc(NC(=O)c2ccc(NCC[NH3+])c([N+](=O)[O-])c2)cc1. The van der Waals surface area contributed by atoms with E-state index in [1.807, 2.05) is 19.1 Å². The van der Waals surface area contributed by atoms with Gasteiger partial charge in [-0.3, -0.25) is 14.9 Å². The molecule has 0 atom stereocenters. The van der Waals surface area contributed by atoms with Crippen LogP contribution < -0.4 is 16.4 Å². The van der Waals surface area contributed by atoms with Gasteiger partial charge in [-0.2, -0.15) is 0 Å². The van der Waals surface area contributed by atoms with E-state index in [2.05, 4.69) is 16.4 Å². The molecule has 0 aliphatic carbocycles. The van der Waals surface area contributed by atoms with E-state index in [1.165, 1.54) is 12.1 Å². The first-order valence-electron chi connectivity index (χ1n) is 7.21. The fourth-order valence-electron chi connectivity index (χ4n) is 2.04. The van der Waals surface area contributed by atoms with Crippen LogP contribution in [-0.2, 0) is 0 Å². The third-order valence-corrected chi connectivity index (χ3v) is 3.26. The summed E-state index contributed by atoms with van der Waals surface area (Å²) in [6.07, 6.45) is 0. The molecule has 2 rings (SSSR count). The Morgan fingerprint density at radius 1 is 1.22 bits per heavy atom. The number of amides is 1. The Morgan fingerprint density at radius 3 is 2.52 bits per heavy atom. The van der Waals surface area contributed by atoms with Crippen LogP contribution in [0, 0.1) is 17.0 Å². The van der Waals surface area contributed by atoms with Crippen LogP contribution in [-0.4, -0.2) is 23.9 Å². The van der Waals surface area contributed by atoms with Gasteiger partial charge < -0.3 is 16.4 Å². The van der Waals surface area contributed by atoms with E-state index in [4.69, 9.17) is 0 Å². The molecule has 7 nitrogen and oxygen atoms in total. The molecule has 2 aromatic rings. The van der Waals surface area contributed by atoms with Crippen LogP contribution in [0.5, 0.6) is 0 Å². The van der Waals surface area contributed by atoms with Crippen molar-refractivity contribution in [2.45, 2.75) is 6.92 Å². The molecule has 0 saturated carbocycles. The van der Waals surface area contributed by atoms with Crippen molar-refractivity contribution in [3.05, 3.63) is 63.7 Å². The number of rotatable bonds is 6. The van der Waals surface area contributed by atoms with Crippen LogP contribution >= 0.6 is 0 Å². The highest BCUT2D eigenvalue weighted by Gasteiger charge is 2.17. The zero-order valence-electron chi connectivity index (χ0n) is 12.8. The van der Waals surface area contributed by atoms with Gasteiger partial charge in [-0.25, -0.2) is 0 Å². The average molecular weight is 315 g/mol. The molecule has 0 bridgehead atoms. The topological polar surface area (TPSA) is 112 Å². The number of quaternary nitrogens is 1. The number of hydrogen-bond acceptors (Lipinski definition) is 4. The fraction of sp³-hybridized carbons (Fsp3) is 0.188. The number of hydrogen-bond donors (Lipinski definition) is 3. The maximum absolute atomic E-state index is 12.2. The van der Waals surface area contributed by atoms with Gasteiger partial charge in [0.2, 0.25) is 0 Å². The minimum Gasteiger partial charge on any atom is -0.374 e. The quantitative estimate of drug-likeness (QED) is 0.557. The second-order valence-corrected chi connectivity index (χ2v) is 5.09. The van der Waals surface area contributed by atoms with E-state index in [9.17, 15) is 14.9 Å². The number of carbonyl (C=O) groups excluding carboxylic acids is 1. The number of benzene rings is 2. The molecular weight excluding hydrogens is 296 g/mol. The Hall–Kier alpha value is -2.93. The molecule has 5 N–H and O–H groups in total. The van der Waals surface area contributed by atoms with E-state index >= 15 is 0 Å². The number of nitrogens with zero attached hydrogens (tertiary/aromatic N) is 1. The minimum absolute atomic E-state index is 0.130. The molecule has 0 fully saturated rings. The van der Waals surface area contributed by atoms with Gasteiger partial charge in [0, 0.05) is 17.3 Å². The number of nitrogens with one attached hydrogen (secondary N) is 2. The summed E-state index contributed by atoms with van der Waals surface area (Å²) < 4.78 is 0. The van der Waals surface area contributed by atoms with Gasteiger partial charge in [-0.15, -0.1) is 0 Å². The summed E-state index contributed by atoms with van der Waals surface area (Å²) in [5.41, 5.74) is 5.89. The highest BCUT2D eigenvalue weighted by molar-refractivity contribution is 6.05. The highest BCUT2D eigenvalue weighted by atomic mass is 16.6. The maximum atomic E-state index is 12.2. The van der Waals surface area contributed by atoms with Crippen molar-refractivity contribution >= 4 is 23.0 Å². The molecule has 2 aromatic carbocycles. The standard InChI is InChI=1S/C16H18N4O3/c1-11-2-5-13(6-3-11)19-16(21)12-4-7-14(18-9-8-17)15(10-12)20(22)23/h2-7,10,18H,8-9,17H2,1H3,(H,19,21)/p+1. The van der Waals surface area contributed by atoms with Gasteiger partial charge >= 0.3 is 0 Å². The predicted molar refractivity (Wildman–Crippen MR) is 88.5 cm³/mol. The zero-order chi connectivity index (χ0) is 16.8. The Kier molecular flexibility index (Phi) is 5.27. The number of carbonyl (C=O) groups is 1. The average Bonchev–Trinajstić information content (AvgIpc) is 2.54. The Labute approximate surface area is 133 Å². The number of aryl methyl sites for hydroxylation is 1. The summed E-state index contributed by atoms with van der Waals surface area (Å²) >= 11 is 0. The molecule has 0 aliphatic heterocycles. The first kappa shape index (κ1) is 16.4. The lowest BCUT2D eigenvalue weighted by atomic mass is 10.1. The van der Waals surface area contributed by atoms with Gasteiger partial charge in [-0.1, -0.05) is 17.7 Å². The lowest BCUT2D eigenvalue weighted by Crippen LogP contribution is -2.53. The summed E-state index contributed by atoms with van der Waals surface area (Å²) in [5.74, 6) is -0.388. The molecular formula is C16H19N4O3+. The zero-order valence-corrected chi connectivity index (χ0v) is 12.8. The summed E-state index contributed by atoms with van der Waals surface area (Å²) in [6.45, 7) is 3.08. The van der Waals surface area contributed by atoms with Crippen LogP contribution in [0.2, 0.25) is 0 Å². The third kappa shape index (κ3) is 4.27. The van der Waals surface area contributed by atoms with Crippen molar-refractivity contribution in [1.29, 1.82) is 0 Å². The summed E-state index contributed by atoms with van der Waals surface area (Å²) in [4.78, 5) is 22.9. The molecule has 120 valence electrons. The van der Waals surface area contributed by atoms with Gasteiger partial charge in [0.1, 0.15) is 5.69 Å². The van der Waals surface area contributed by atoms with Crippen molar-refractivity contribution < 1.29 is 15.5 Å². The second kappa shape index (κ2) is 7.37. The van der Waals surface area contributed by atoms with Crippen LogP contribution in [0.3, 0.4) is 0 Å². The van der Waals surface area contributed by atoms with E-state index < -0.39 is 4.92 Å². The van der Waals surface area contributed by atoms with Gasteiger partial charge in [-0.05, 0) is 31.2 Å². The number of nitro groups is 1. The summed E-state index contributed by atoms with van der Waals surface area (Å²) in [6, 6.07) is 11.7. The molecule has 0 aromatic heterocycles. The summed E-state index contributed by atoms with van der Waals surface area (Å²) in [5, 5.41) is 16.8. The molecule has 0 spiro atoms. The summed E-state index contributed by atoms with van der Waals surface area (Å²) in [7, 11) is 0. The Morgan fingerprint density at radius 2 is 1.91 bits per heavy atom. The first-order chi connectivity index (χ1) is 11.0. The van der Waals surface area contributed by atoms with Crippen molar-refractivity contribution in [3.63, 3.8) is 0 Å². The lowest BCUT2D eigenvalue weighted by molar-refractivity contribution is -0.384. The van der Waals surface area contributed by atoms with Crippen molar-refractivity contribution in [1.82, 2.24) is 0 Å². The normalized spacial score (nSPS) is 10.2. The Bertz CT molecular complexity index is 714. The molecule has 0 unspecified atom stereocenters. The van der Waals surface area contributed by atoms with Crippen LogP contribution in [0.25, 0.3) is 0 Å². The molecule has 0 aliphatic rings. The van der Waals surface area contributed by atoms with E-state index in [-0.39, 0.29) is 17.2 Å². The van der Waals surface area contributed by atoms with Gasteiger partial charge in [0.05, 0.1) is 18.0 Å².